The molecule has 3 heterocycles. The van der Waals surface area contributed by atoms with Crippen molar-refractivity contribution in [1.29, 1.82) is 0 Å². The Morgan fingerprint density at radius 1 is 1.25 bits per heavy atom. The van der Waals surface area contributed by atoms with Gasteiger partial charge in [-0.1, -0.05) is 5.16 Å². The van der Waals surface area contributed by atoms with Crippen molar-refractivity contribution >= 4 is 11.5 Å². The fourth-order valence-corrected chi connectivity index (χ4v) is 1.61. The number of nitrogens with zero attached hydrogens (tertiary/aromatic N) is 5. The summed E-state index contributed by atoms with van der Waals surface area (Å²) in [6.45, 7) is 0. The molecule has 3 aromatic heterocycles. The smallest absolute Gasteiger partial charge is 0.297 e. The highest BCUT2D eigenvalue weighted by molar-refractivity contribution is 7.03. The number of pyridine rings is 1. The topological polar surface area (TPSA) is 77.6 Å². The van der Waals surface area contributed by atoms with Gasteiger partial charge in [0.25, 0.3) is 5.89 Å². The molecule has 0 radical (unpaired) electrons. The molecule has 0 spiro atoms. The van der Waals surface area contributed by atoms with Crippen LogP contribution >= 0.6 is 11.5 Å². The molecule has 16 heavy (non-hydrogen) atoms. The molecule has 6 nitrogen and oxygen atoms in total. The van der Waals surface area contributed by atoms with Crippen LogP contribution in [0.2, 0.25) is 0 Å². The van der Waals surface area contributed by atoms with Crippen LogP contribution < -0.4 is 0 Å². The summed E-state index contributed by atoms with van der Waals surface area (Å²) in [4.78, 5) is 12.2. The van der Waals surface area contributed by atoms with E-state index in [-0.39, 0.29) is 0 Å². The molecule has 78 valence electrons. The van der Waals surface area contributed by atoms with Crippen LogP contribution in [0.4, 0.5) is 0 Å². The highest BCUT2D eigenvalue weighted by Crippen LogP contribution is 2.18. The van der Waals surface area contributed by atoms with E-state index in [4.69, 9.17) is 4.52 Å². The minimum atomic E-state index is 0.320. The molecule has 0 N–H and O–H groups in total. The Morgan fingerprint density at radius 2 is 2.25 bits per heavy atom. The van der Waals surface area contributed by atoms with E-state index < -0.39 is 0 Å². The van der Waals surface area contributed by atoms with Crippen molar-refractivity contribution in [1.82, 2.24) is 24.5 Å². The second-order valence-electron chi connectivity index (χ2n) is 2.92. The van der Waals surface area contributed by atoms with Crippen molar-refractivity contribution in [2.45, 2.75) is 0 Å². The van der Waals surface area contributed by atoms with Gasteiger partial charge in [0, 0.05) is 18.0 Å². The Morgan fingerprint density at radius 3 is 3.00 bits per heavy atom. The fraction of sp³-hybridized carbons (Fsp3) is 0. The molecule has 0 unspecified atom stereocenters. The summed E-state index contributed by atoms with van der Waals surface area (Å²) in [6.07, 6.45) is 3.36. The molecule has 0 amide bonds. The van der Waals surface area contributed by atoms with Gasteiger partial charge in [0.2, 0.25) is 11.6 Å². The van der Waals surface area contributed by atoms with Crippen LogP contribution in [-0.4, -0.2) is 24.5 Å². The third-order valence-electron chi connectivity index (χ3n) is 1.90. The van der Waals surface area contributed by atoms with E-state index in [1.165, 1.54) is 11.5 Å². The lowest BCUT2D eigenvalue weighted by Gasteiger charge is -1.89. The Bertz CT molecular complexity index is 577. The first-order chi connectivity index (χ1) is 7.93. The lowest BCUT2D eigenvalue weighted by molar-refractivity contribution is 0.430. The first-order valence-corrected chi connectivity index (χ1v) is 5.28. The summed E-state index contributed by atoms with van der Waals surface area (Å²) >= 11 is 1.24. The largest absolute Gasteiger partial charge is 0.330 e. The molecule has 7 heteroatoms. The summed E-state index contributed by atoms with van der Waals surface area (Å²) in [6, 6.07) is 3.67. The van der Waals surface area contributed by atoms with Gasteiger partial charge < -0.3 is 4.52 Å². The molecule has 0 bridgehead atoms. The van der Waals surface area contributed by atoms with Gasteiger partial charge in [0.05, 0.1) is 0 Å². The maximum absolute atomic E-state index is 5.06. The molecular weight excluding hydrogens is 226 g/mol. The van der Waals surface area contributed by atoms with E-state index in [1.54, 1.807) is 17.9 Å². The van der Waals surface area contributed by atoms with Gasteiger partial charge in [0.1, 0.15) is 5.51 Å². The second-order valence-corrected chi connectivity index (χ2v) is 3.52. The zero-order chi connectivity index (χ0) is 10.8. The minimum Gasteiger partial charge on any atom is -0.330 e. The van der Waals surface area contributed by atoms with Crippen LogP contribution in [-0.2, 0) is 0 Å². The molecule has 0 aromatic carbocycles. The third kappa shape index (κ3) is 1.57. The Hall–Kier alpha value is -2.15. The summed E-state index contributed by atoms with van der Waals surface area (Å²) < 4.78 is 9.07. The molecule has 0 aliphatic heterocycles. The van der Waals surface area contributed by atoms with E-state index in [0.29, 0.717) is 17.5 Å². The summed E-state index contributed by atoms with van der Waals surface area (Å²) in [5.74, 6) is 1.26. The molecular formula is C9H5N5OS. The predicted molar refractivity (Wildman–Crippen MR) is 56.4 cm³/mol. The van der Waals surface area contributed by atoms with E-state index >= 15 is 0 Å². The highest BCUT2D eigenvalue weighted by Gasteiger charge is 2.12. The average Bonchev–Trinajstić information content (AvgIpc) is 3.01. The predicted octanol–water partition coefficient (Wildman–Crippen LogP) is 1.65. The summed E-state index contributed by atoms with van der Waals surface area (Å²) in [7, 11) is 0. The molecule has 0 saturated carbocycles. The molecule has 0 atom stereocenters. The van der Waals surface area contributed by atoms with Gasteiger partial charge in [-0.3, -0.25) is 4.98 Å². The zero-order valence-corrected chi connectivity index (χ0v) is 8.76. The molecule has 0 saturated heterocycles. The van der Waals surface area contributed by atoms with Gasteiger partial charge in [0.15, 0.2) is 0 Å². The maximum Gasteiger partial charge on any atom is 0.297 e. The number of rotatable bonds is 2. The van der Waals surface area contributed by atoms with Crippen LogP contribution in [0.3, 0.4) is 0 Å². The lowest BCUT2D eigenvalue weighted by Crippen LogP contribution is -1.82. The third-order valence-corrected chi connectivity index (χ3v) is 2.38. The van der Waals surface area contributed by atoms with Crippen LogP contribution in [0.25, 0.3) is 23.1 Å². The van der Waals surface area contributed by atoms with Gasteiger partial charge in [-0.05, 0) is 23.7 Å². The monoisotopic (exact) mass is 231 g/mol. The summed E-state index contributed by atoms with van der Waals surface area (Å²) in [5.41, 5.74) is 2.41. The average molecular weight is 231 g/mol. The standard InChI is InChI=1S/C9H5N5OS/c1-2-6(4-10-3-1)7-12-9(15-13-7)8-11-5-16-14-8/h1-5H. The van der Waals surface area contributed by atoms with Gasteiger partial charge >= 0.3 is 0 Å². The normalized spacial score (nSPS) is 10.5. The van der Waals surface area contributed by atoms with E-state index in [9.17, 15) is 0 Å². The number of aromatic nitrogens is 5. The van der Waals surface area contributed by atoms with Crippen molar-refractivity contribution in [2.24, 2.45) is 0 Å². The van der Waals surface area contributed by atoms with Crippen molar-refractivity contribution < 1.29 is 4.52 Å². The molecule has 0 fully saturated rings. The Kier molecular flexibility index (Phi) is 2.15. The van der Waals surface area contributed by atoms with Crippen molar-refractivity contribution in [2.75, 3.05) is 0 Å². The number of hydrogen-bond donors (Lipinski definition) is 0. The van der Waals surface area contributed by atoms with E-state index in [2.05, 4.69) is 24.5 Å². The van der Waals surface area contributed by atoms with Gasteiger partial charge in [-0.15, -0.1) is 0 Å². The molecule has 3 aromatic rings. The molecule has 3 rings (SSSR count). The summed E-state index contributed by atoms with van der Waals surface area (Å²) in [5, 5.41) is 3.84. The molecule has 0 aliphatic rings. The lowest BCUT2D eigenvalue weighted by atomic mass is 10.3. The minimum absolute atomic E-state index is 0.320. The van der Waals surface area contributed by atoms with Crippen LogP contribution in [0.15, 0.2) is 34.6 Å². The zero-order valence-electron chi connectivity index (χ0n) is 7.94. The van der Waals surface area contributed by atoms with E-state index in [1.807, 2.05) is 12.1 Å². The first-order valence-electron chi connectivity index (χ1n) is 4.44. The van der Waals surface area contributed by atoms with Gasteiger partial charge in [-0.25, -0.2) is 4.98 Å². The maximum atomic E-state index is 5.06. The van der Waals surface area contributed by atoms with Crippen LogP contribution in [0.1, 0.15) is 0 Å². The van der Waals surface area contributed by atoms with Crippen molar-refractivity contribution in [3.8, 4) is 23.1 Å². The van der Waals surface area contributed by atoms with Gasteiger partial charge in [-0.2, -0.15) is 9.36 Å². The first kappa shape index (κ1) is 9.10. The quantitative estimate of drug-likeness (QED) is 0.667. The second kappa shape index (κ2) is 3.78. The van der Waals surface area contributed by atoms with Crippen molar-refractivity contribution in [3.05, 3.63) is 30.0 Å². The van der Waals surface area contributed by atoms with Crippen molar-refractivity contribution in [3.63, 3.8) is 0 Å². The molecule has 0 aliphatic carbocycles. The number of hydrogen-bond acceptors (Lipinski definition) is 7. The SMILES string of the molecule is c1cncc(-c2noc(-c3ncsn3)n2)c1. The van der Waals surface area contributed by atoms with Crippen LogP contribution in [0.5, 0.6) is 0 Å². The highest BCUT2D eigenvalue weighted by atomic mass is 32.1. The van der Waals surface area contributed by atoms with E-state index in [0.717, 1.165) is 5.56 Å². The van der Waals surface area contributed by atoms with Crippen LogP contribution in [0, 0.1) is 0 Å². The fourth-order valence-electron chi connectivity index (χ4n) is 1.19. The Labute approximate surface area is 94.2 Å². The Balaban J connectivity index is 2.00.